The van der Waals surface area contributed by atoms with E-state index >= 15 is 9.59 Å². The molecule has 6 atom stereocenters. The normalized spacial score (nSPS) is 23.7. The number of amides is 4. The number of carbonyl (C=O) groups is 4. The van der Waals surface area contributed by atoms with Crippen molar-refractivity contribution in [3.05, 3.63) is 147 Å². The number of hydrogen-bond acceptors (Lipinski definition) is 10. The largest absolute Gasteiger partial charge is 0.504 e. The highest BCUT2D eigenvalue weighted by atomic mass is 35.5. The summed E-state index contributed by atoms with van der Waals surface area (Å²) in [6, 6.07) is 29.3. The Bertz CT molecular complexity index is 2770. The van der Waals surface area contributed by atoms with Crippen molar-refractivity contribution in [2.45, 2.75) is 24.2 Å². The molecular formula is C50H43Cl2N3O9. The lowest BCUT2D eigenvalue weighted by Crippen LogP contribution is -2.53. The van der Waals surface area contributed by atoms with Gasteiger partial charge in [0, 0.05) is 16.5 Å². The van der Waals surface area contributed by atoms with Gasteiger partial charge in [-0.1, -0.05) is 77.3 Å². The number of fused-ring (bicyclic) bond motifs is 4. The summed E-state index contributed by atoms with van der Waals surface area (Å²) in [6.07, 6.45) is 6.04. The SMILES string of the molecule is COc1ccc(C23C(=O)N(Nc4ccc(Cl)cc4Cl)C(=O)C2CC2C(=CCC4C(=O)N(c5ccc(C=Cc6cc(OC)ccc6OC)cc5)C(=O)C42)C3c2ccc(OC)c(O)c2)cc1. The molecule has 4 amide bonds. The van der Waals surface area contributed by atoms with Crippen LogP contribution in [0.1, 0.15) is 41.0 Å². The minimum absolute atomic E-state index is 0.0685. The van der Waals surface area contributed by atoms with Crippen LogP contribution in [0.25, 0.3) is 12.2 Å². The third-order valence-electron chi connectivity index (χ3n) is 13.2. The highest BCUT2D eigenvalue weighted by molar-refractivity contribution is 6.36. The number of benzene rings is 5. The van der Waals surface area contributed by atoms with Crippen LogP contribution in [0, 0.1) is 23.7 Å². The first-order valence-electron chi connectivity index (χ1n) is 20.6. The Morgan fingerprint density at radius 1 is 0.719 bits per heavy atom. The Balaban J connectivity index is 1.13. The fourth-order valence-corrected chi connectivity index (χ4v) is 10.7. The van der Waals surface area contributed by atoms with E-state index in [0.717, 1.165) is 21.7 Å². The van der Waals surface area contributed by atoms with Crippen LogP contribution >= 0.6 is 23.2 Å². The molecule has 12 nitrogen and oxygen atoms in total. The van der Waals surface area contributed by atoms with Gasteiger partial charge in [0.05, 0.1) is 68.0 Å². The molecule has 2 aliphatic carbocycles. The molecule has 0 aromatic heterocycles. The van der Waals surface area contributed by atoms with E-state index in [1.54, 1.807) is 80.9 Å². The second-order valence-electron chi connectivity index (χ2n) is 16.2. The first kappa shape index (κ1) is 42.5. The fourth-order valence-electron chi connectivity index (χ4n) is 10.2. The number of hydrogen-bond donors (Lipinski definition) is 2. The molecule has 0 bridgehead atoms. The number of halogens is 2. The summed E-state index contributed by atoms with van der Waals surface area (Å²) in [5.74, 6) is -4.02. The number of imide groups is 2. The molecular weight excluding hydrogens is 857 g/mol. The Morgan fingerprint density at radius 3 is 2.09 bits per heavy atom. The third-order valence-corrected chi connectivity index (χ3v) is 13.7. The zero-order valence-corrected chi connectivity index (χ0v) is 36.7. The standard InChI is InChI=1S/C50H43Cl2N3O9/c1-61-33-15-10-30(11-16-33)50-38(47(58)55(49(50)60)53-40-20-12-31(51)25-39(40)52)26-37-35(45(50)29-9-21-43(64-4)41(56)24-29)18-19-36-44(37)48(59)54(46(36)57)32-13-6-27(7-14-32)5-8-28-23-34(62-2)17-22-42(28)63-3/h5-18,20-25,36-38,44-45,53,56H,19,26H2,1-4H3. The second-order valence-corrected chi connectivity index (χ2v) is 17.0. The lowest BCUT2D eigenvalue weighted by atomic mass is 9.49. The van der Waals surface area contributed by atoms with Crippen LogP contribution < -0.4 is 29.3 Å². The van der Waals surface area contributed by atoms with Crippen LogP contribution in [-0.4, -0.2) is 62.2 Å². The van der Waals surface area contributed by atoms with Crippen LogP contribution in [0.2, 0.25) is 10.0 Å². The summed E-state index contributed by atoms with van der Waals surface area (Å²) in [7, 11) is 6.17. The number of anilines is 2. The van der Waals surface area contributed by atoms with Crippen molar-refractivity contribution in [2.75, 3.05) is 38.8 Å². The van der Waals surface area contributed by atoms with Gasteiger partial charge in [-0.25, -0.2) is 0 Å². The van der Waals surface area contributed by atoms with E-state index in [-0.39, 0.29) is 46.9 Å². The first-order valence-corrected chi connectivity index (χ1v) is 21.4. The molecule has 6 unspecified atom stereocenters. The van der Waals surface area contributed by atoms with E-state index in [4.69, 9.17) is 42.1 Å². The summed E-state index contributed by atoms with van der Waals surface area (Å²) in [4.78, 5) is 61.3. The van der Waals surface area contributed by atoms with Crippen molar-refractivity contribution in [1.29, 1.82) is 0 Å². The fraction of sp³-hybridized carbons (Fsp3) is 0.240. The van der Waals surface area contributed by atoms with E-state index in [0.29, 0.717) is 39.1 Å². The number of nitrogens with zero attached hydrogens (tertiary/aromatic N) is 2. The van der Waals surface area contributed by atoms with Gasteiger partial charge in [0.2, 0.25) is 11.8 Å². The molecule has 9 rings (SSSR count). The summed E-state index contributed by atoms with van der Waals surface area (Å²) in [5.41, 5.74) is 5.50. The molecule has 5 aromatic rings. The van der Waals surface area contributed by atoms with Crippen LogP contribution in [0.15, 0.2) is 115 Å². The number of allylic oxidation sites excluding steroid dienone is 2. The summed E-state index contributed by atoms with van der Waals surface area (Å²) in [5, 5.41) is 12.8. The Kier molecular flexibility index (Phi) is 11.1. The number of rotatable bonds is 11. The molecule has 2 N–H and O–H groups in total. The Hall–Kier alpha value is -6.76. The molecule has 14 heteroatoms. The topological polar surface area (TPSA) is 144 Å². The molecule has 2 aliphatic heterocycles. The lowest BCUT2D eigenvalue weighted by Gasteiger charge is -2.50. The molecule has 2 heterocycles. The molecule has 326 valence electrons. The van der Waals surface area contributed by atoms with E-state index in [1.165, 1.54) is 25.2 Å². The van der Waals surface area contributed by atoms with Crippen molar-refractivity contribution < 1.29 is 43.2 Å². The predicted octanol–water partition coefficient (Wildman–Crippen LogP) is 9.09. The number of aromatic hydroxyl groups is 1. The average molecular weight is 901 g/mol. The molecule has 3 fully saturated rings. The minimum atomic E-state index is -1.60. The second kappa shape index (κ2) is 16.7. The number of hydrazine groups is 1. The van der Waals surface area contributed by atoms with Gasteiger partial charge in [0.15, 0.2) is 11.5 Å². The van der Waals surface area contributed by atoms with Crippen molar-refractivity contribution in [1.82, 2.24) is 5.01 Å². The predicted molar refractivity (Wildman–Crippen MR) is 243 cm³/mol. The minimum Gasteiger partial charge on any atom is -0.504 e. The molecule has 5 aromatic carbocycles. The van der Waals surface area contributed by atoms with Gasteiger partial charge in [-0.15, -0.1) is 0 Å². The highest BCUT2D eigenvalue weighted by Crippen LogP contribution is 2.64. The zero-order valence-electron chi connectivity index (χ0n) is 35.2. The van der Waals surface area contributed by atoms with Crippen LogP contribution in [0.5, 0.6) is 28.7 Å². The van der Waals surface area contributed by atoms with E-state index in [2.05, 4.69) is 5.43 Å². The quantitative estimate of drug-likeness (QED) is 0.0749. The summed E-state index contributed by atoms with van der Waals surface area (Å²) in [6.45, 7) is 0. The van der Waals surface area contributed by atoms with Gasteiger partial charge in [0.25, 0.3) is 11.8 Å². The Labute approximate surface area is 379 Å². The van der Waals surface area contributed by atoms with E-state index < -0.39 is 46.8 Å². The third kappa shape index (κ3) is 6.83. The molecule has 2 saturated heterocycles. The number of nitrogens with one attached hydrogen (secondary N) is 1. The van der Waals surface area contributed by atoms with Gasteiger partial charge in [-0.2, -0.15) is 5.01 Å². The molecule has 64 heavy (non-hydrogen) atoms. The molecule has 0 radical (unpaired) electrons. The maximum absolute atomic E-state index is 15.6. The van der Waals surface area contributed by atoms with Crippen molar-refractivity contribution in [3.8, 4) is 28.7 Å². The summed E-state index contributed by atoms with van der Waals surface area (Å²) < 4.78 is 21.8. The van der Waals surface area contributed by atoms with Crippen molar-refractivity contribution >= 4 is 70.4 Å². The number of carbonyl (C=O) groups excluding carboxylic acids is 4. The highest BCUT2D eigenvalue weighted by Gasteiger charge is 2.70. The molecule has 4 aliphatic rings. The number of methoxy groups -OCH3 is 4. The van der Waals surface area contributed by atoms with Gasteiger partial charge in [-0.3, -0.25) is 29.5 Å². The maximum Gasteiger partial charge on any atom is 0.260 e. The average Bonchev–Trinajstić information content (AvgIpc) is 3.69. The monoisotopic (exact) mass is 899 g/mol. The van der Waals surface area contributed by atoms with Crippen molar-refractivity contribution in [2.24, 2.45) is 23.7 Å². The molecule has 0 spiro atoms. The zero-order chi connectivity index (χ0) is 45.0. The number of ether oxygens (including phenoxy) is 4. The van der Waals surface area contributed by atoms with Gasteiger partial charge >= 0.3 is 0 Å². The van der Waals surface area contributed by atoms with Crippen LogP contribution in [0.4, 0.5) is 11.4 Å². The van der Waals surface area contributed by atoms with E-state index in [9.17, 15) is 14.7 Å². The summed E-state index contributed by atoms with van der Waals surface area (Å²) >= 11 is 12.8. The maximum atomic E-state index is 15.6. The van der Waals surface area contributed by atoms with Crippen LogP contribution in [0.3, 0.4) is 0 Å². The Morgan fingerprint density at radius 2 is 1.42 bits per heavy atom. The van der Waals surface area contributed by atoms with Crippen LogP contribution in [-0.2, 0) is 24.6 Å². The smallest absolute Gasteiger partial charge is 0.260 e. The van der Waals surface area contributed by atoms with Gasteiger partial charge in [0.1, 0.15) is 17.2 Å². The van der Waals surface area contributed by atoms with Gasteiger partial charge < -0.3 is 24.1 Å². The van der Waals surface area contributed by atoms with Crippen molar-refractivity contribution in [3.63, 3.8) is 0 Å². The number of phenols is 1. The van der Waals surface area contributed by atoms with Gasteiger partial charge in [-0.05, 0) is 108 Å². The lowest BCUT2D eigenvalue weighted by molar-refractivity contribution is -0.138. The first-order chi connectivity index (χ1) is 30.9. The molecule has 1 saturated carbocycles. The number of phenolic OH excluding ortho intramolecular Hbond substituents is 1. The van der Waals surface area contributed by atoms with E-state index in [1.807, 2.05) is 48.6 Å².